The second kappa shape index (κ2) is 4.95. The standard InChI is InChI=1S/C13H13F3N2O/c1-9-7-12(17-18(9)2)10-3-5-11(6-4-10)19-8-13(14,15)16/h3-7H,8H2,1-2H3. The van der Waals surface area contributed by atoms with E-state index in [0.29, 0.717) is 0 Å². The van der Waals surface area contributed by atoms with Gasteiger partial charge in [0.05, 0.1) is 5.69 Å². The van der Waals surface area contributed by atoms with Crippen molar-refractivity contribution in [2.24, 2.45) is 7.05 Å². The van der Waals surface area contributed by atoms with Gasteiger partial charge >= 0.3 is 6.18 Å². The molecule has 6 heteroatoms. The van der Waals surface area contributed by atoms with Crippen LogP contribution in [0.15, 0.2) is 30.3 Å². The first-order valence-electron chi connectivity index (χ1n) is 5.66. The van der Waals surface area contributed by atoms with Gasteiger partial charge in [0.2, 0.25) is 0 Å². The largest absolute Gasteiger partial charge is 0.484 e. The van der Waals surface area contributed by atoms with E-state index in [9.17, 15) is 13.2 Å². The summed E-state index contributed by atoms with van der Waals surface area (Å²) in [7, 11) is 1.83. The predicted molar refractivity (Wildman–Crippen MR) is 64.9 cm³/mol. The molecule has 0 atom stereocenters. The summed E-state index contributed by atoms with van der Waals surface area (Å²) in [6.07, 6.45) is -4.32. The van der Waals surface area contributed by atoms with Gasteiger partial charge < -0.3 is 4.74 Å². The lowest BCUT2D eigenvalue weighted by Gasteiger charge is -2.09. The summed E-state index contributed by atoms with van der Waals surface area (Å²) in [5, 5.41) is 4.29. The van der Waals surface area contributed by atoms with Gasteiger partial charge in [-0.1, -0.05) is 0 Å². The third kappa shape index (κ3) is 3.49. The van der Waals surface area contributed by atoms with Crippen LogP contribution in [-0.4, -0.2) is 22.6 Å². The Kier molecular flexibility index (Phi) is 3.50. The van der Waals surface area contributed by atoms with Gasteiger partial charge in [0.15, 0.2) is 6.61 Å². The minimum absolute atomic E-state index is 0.189. The number of hydrogen-bond acceptors (Lipinski definition) is 2. The molecule has 0 unspecified atom stereocenters. The topological polar surface area (TPSA) is 27.1 Å². The Morgan fingerprint density at radius 2 is 1.84 bits per heavy atom. The minimum Gasteiger partial charge on any atom is -0.484 e. The van der Waals surface area contributed by atoms with E-state index in [0.717, 1.165) is 17.0 Å². The molecule has 2 rings (SSSR count). The van der Waals surface area contributed by atoms with E-state index in [1.807, 2.05) is 20.0 Å². The molecule has 2 aromatic rings. The van der Waals surface area contributed by atoms with Crippen LogP contribution in [-0.2, 0) is 7.05 Å². The van der Waals surface area contributed by atoms with Crippen molar-refractivity contribution in [3.05, 3.63) is 36.0 Å². The van der Waals surface area contributed by atoms with E-state index < -0.39 is 12.8 Å². The molecule has 0 aliphatic rings. The van der Waals surface area contributed by atoms with Crippen LogP contribution in [0.4, 0.5) is 13.2 Å². The van der Waals surface area contributed by atoms with Gasteiger partial charge in [-0.3, -0.25) is 4.68 Å². The molecule has 102 valence electrons. The molecule has 1 aromatic heterocycles. The van der Waals surface area contributed by atoms with E-state index in [1.54, 1.807) is 16.8 Å². The van der Waals surface area contributed by atoms with Crippen LogP contribution in [0.5, 0.6) is 5.75 Å². The van der Waals surface area contributed by atoms with Crippen molar-refractivity contribution >= 4 is 0 Å². The Labute approximate surface area is 108 Å². The molecule has 1 heterocycles. The number of aryl methyl sites for hydroxylation is 2. The number of nitrogens with zero attached hydrogens (tertiary/aromatic N) is 2. The summed E-state index contributed by atoms with van der Waals surface area (Å²) in [6, 6.07) is 8.29. The van der Waals surface area contributed by atoms with Crippen molar-refractivity contribution in [3.8, 4) is 17.0 Å². The van der Waals surface area contributed by atoms with E-state index in [1.165, 1.54) is 12.1 Å². The molecule has 3 nitrogen and oxygen atoms in total. The molecule has 0 saturated heterocycles. The number of rotatable bonds is 3. The second-order valence-electron chi connectivity index (χ2n) is 4.22. The van der Waals surface area contributed by atoms with Crippen LogP contribution in [0, 0.1) is 6.92 Å². The fourth-order valence-electron chi connectivity index (χ4n) is 1.59. The average Bonchev–Trinajstić information content (AvgIpc) is 2.67. The van der Waals surface area contributed by atoms with Crippen LogP contribution < -0.4 is 4.74 Å². The number of benzene rings is 1. The molecular formula is C13H13F3N2O. The van der Waals surface area contributed by atoms with Gasteiger partial charge in [-0.15, -0.1) is 0 Å². The number of halogens is 3. The fraction of sp³-hybridized carbons (Fsp3) is 0.308. The van der Waals surface area contributed by atoms with Crippen molar-refractivity contribution in [2.45, 2.75) is 13.1 Å². The molecule has 0 radical (unpaired) electrons. The predicted octanol–water partition coefficient (Wildman–Crippen LogP) is 3.34. The Bertz CT molecular complexity index is 539. The second-order valence-corrected chi connectivity index (χ2v) is 4.22. The highest BCUT2D eigenvalue weighted by molar-refractivity contribution is 5.60. The molecule has 0 amide bonds. The molecular weight excluding hydrogens is 257 g/mol. The van der Waals surface area contributed by atoms with E-state index in [2.05, 4.69) is 9.84 Å². The summed E-state index contributed by atoms with van der Waals surface area (Å²) in [5.74, 6) is 0.189. The molecule has 0 aliphatic carbocycles. The Hall–Kier alpha value is -1.98. The van der Waals surface area contributed by atoms with Crippen LogP contribution in [0.2, 0.25) is 0 Å². The summed E-state index contributed by atoms with van der Waals surface area (Å²) >= 11 is 0. The zero-order chi connectivity index (χ0) is 14.0. The fourth-order valence-corrected chi connectivity index (χ4v) is 1.59. The molecule has 0 aliphatic heterocycles. The van der Waals surface area contributed by atoms with Crippen molar-refractivity contribution in [1.29, 1.82) is 0 Å². The quantitative estimate of drug-likeness (QED) is 0.855. The first-order valence-corrected chi connectivity index (χ1v) is 5.66. The van der Waals surface area contributed by atoms with Crippen molar-refractivity contribution in [2.75, 3.05) is 6.61 Å². The molecule has 19 heavy (non-hydrogen) atoms. The van der Waals surface area contributed by atoms with Gasteiger partial charge in [-0.2, -0.15) is 18.3 Å². The number of ether oxygens (including phenoxy) is 1. The van der Waals surface area contributed by atoms with E-state index >= 15 is 0 Å². The Morgan fingerprint density at radius 3 is 2.32 bits per heavy atom. The van der Waals surface area contributed by atoms with Gasteiger partial charge in [-0.25, -0.2) is 0 Å². The lowest BCUT2D eigenvalue weighted by Crippen LogP contribution is -2.19. The van der Waals surface area contributed by atoms with Gasteiger partial charge in [0, 0.05) is 18.3 Å². The third-order valence-corrected chi connectivity index (χ3v) is 2.67. The summed E-state index contributed by atoms with van der Waals surface area (Å²) in [6.45, 7) is 0.645. The van der Waals surface area contributed by atoms with Crippen molar-refractivity contribution in [3.63, 3.8) is 0 Å². The molecule has 1 aromatic carbocycles. The van der Waals surface area contributed by atoms with Crippen molar-refractivity contribution < 1.29 is 17.9 Å². The number of hydrogen-bond donors (Lipinski definition) is 0. The number of alkyl halides is 3. The minimum atomic E-state index is -4.32. The van der Waals surface area contributed by atoms with Gasteiger partial charge in [0.25, 0.3) is 0 Å². The number of aromatic nitrogens is 2. The Balaban J connectivity index is 2.10. The van der Waals surface area contributed by atoms with Crippen molar-refractivity contribution in [1.82, 2.24) is 9.78 Å². The summed E-state index contributed by atoms with van der Waals surface area (Å²) in [5.41, 5.74) is 2.62. The lowest BCUT2D eigenvalue weighted by atomic mass is 10.1. The maximum absolute atomic E-state index is 12.0. The molecule has 0 saturated carbocycles. The highest BCUT2D eigenvalue weighted by Gasteiger charge is 2.28. The maximum Gasteiger partial charge on any atom is 0.422 e. The molecule has 0 N–H and O–H groups in total. The maximum atomic E-state index is 12.0. The van der Waals surface area contributed by atoms with Crippen LogP contribution in [0.3, 0.4) is 0 Å². The third-order valence-electron chi connectivity index (χ3n) is 2.67. The SMILES string of the molecule is Cc1cc(-c2ccc(OCC(F)(F)F)cc2)nn1C. The zero-order valence-electron chi connectivity index (χ0n) is 10.5. The van der Waals surface area contributed by atoms with Gasteiger partial charge in [-0.05, 0) is 37.3 Å². The van der Waals surface area contributed by atoms with E-state index in [-0.39, 0.29) is 5.75 Å². The monoisotopic (exact) mass is 270 g/mol. The lowest BCUT2D eigenvalue weighted by molar-refractivity contribution is -0.153. The molecule has 0 spiro atoms. The molecule has 0 bridgehead atoms. The first-order chi connectivity index (χ1) is 8.85. The van der Waals surface area contributed by atoms with E-state index in [4.69, 9.17) is 0 Å². The van der Waals surface area contributed by atoms with Crippen LogP contribution >= 0.6 is 0 Å². The normalized spacial score (nSPS) is 11.6. The average molecular weight is 270 g/mol. The summed E-state index contributed by atoms with van der Waals surface area (Å²) in [4.78, 5) is 0. The zero-order valence-corrected chi connectivity index (χ0v) is 10.5. The van der Waals surface area contributed by atoms with Crippen LogP contribution in [0.25, 0.3) is 11.3 Å². The summed E-state index contributed by atoms with van der Waals surface area (Å²) < 4.78 is 42.4. The molecule has 0 fully saturated rings. The van der Waals surface area contributed by atoms with Crippen LogP contribution in [0.1, 0.15) is 5.69 Å². The van der Waals surface area contributed by atoms with Gasteiger partial charge in [0.1, 0.15) is 5.75 Å². The Morgan fingerprint density at radius 1 is 1.21 bits per heavy atom. The highest BCUT2D eigenvalue weighted by Crippen LogP contribution is 2.23. The smallest absolute Gasteiger partial charge is 0.422 e. The first kappa shape index (κ1) is 13.5. The highest BCUT2D eigenvalue weighted by atomic mass is 19.4.